The average molecular weight is 306 g/mol. The van der Waals surface area contributed by atoms with Crippen LogP contribution < -0.4 is 16.0 Å². The number of benzene rings is 1. The molecule has 2 atom stereocenters. The van der Waals surface area contributed by atoms with Gasteiger partial charge in [-0.15, -0.1) is 13.2 Å². The predicted molar refractivity (Wildman–Crippen MR) is 73.3 cm³/mol. The van der Waals surface area contributed by atoms with Crippen molar-refractivity contribution in [3.05, 3.63) is 29.8 Å². The molecule has 1 fully saturated rings. The Bertz CT molecular complexity index is 461. The van der Waals surface area contributed by atoms with Gasteiger partial charge in [-0.1, -0.05) is 18.2 Å². The largest absolute Gasteiger partial charge is 0.573 e. The van der Waals surface area contributed by atoms with Crippen LogP contribution >= 0.6 is 11.8 Å². The number of rotatable bonds is 4. The van der Waals surface area contributed by atoms with E-state index in [0.717, 1.165) is 18.6 Å². The molecule has 2 unspecified atom stereocenters. The normalized spacial score (nSPS) is 24.6. The summed E-state index contributed by atoms with van der Waals surface area (Å²) in [6, 6.07) is 5.74. The van der Waals surface area contributed by atoms with Crippen LogP contribution in [0.3, 0.4) is 0 Å². The summed E-state index contributed by atoms with van der Waals surface area (Å²) >= 11 is 1.72. The van der Waals surface area contributed by atoms with Crippen molar-refractivity contribution in [1.82, 2.24) is 5.43 Å². The molecule has 3 N–H and O–H groups in total. The van der Waals surface area contributed by atoms with Gasteiger partial charge in [0.1, 0.15) is 5.75 Å². The second-order valence-corrected chi connectivity index (χ2v) is 6.58. The van der Waals surface area contributed by atoms with E-state index in [1.165, 1.54) is 12.1 Å². The highest BCUT2D eigenvalue weighted by Gasteiger charge is 2.41. The van der Waals surface area contributed by atoms with E-state index in [1.807, 2.05) is 6.92 Å². The first-order valence-corrected chi connectivity index (χ1v) is 7.29. The Balaban J connectivity index is 2.34. The van der Waals surface area contributed by atoms with Crippen LogP contribution in [-0.2, 0) is 0 Å². The Morgan fingerprint density at radius 2 is 2.10 bits per heavy atom. The predicted octanol–water partition coefficient (Wildman–Crippen LogP) is 3.38. The summed E-state index contributed by atoms with van der Waals surface area (Å²) < 4.78 is 41.3. The monoisotopic (exact) mass is 306 g/mol. The fraction of sp³-hybridized carbons (Fsp3) is 0.538. The van der Waals surface area contributed by atoms with Gasteiger partial charge in [0, 0.05) is 10.3 Å². The van der Waals surface area contributed by atoms with E-state index in [4.69, 9.17) is 5.84 Å². The number of para-hydroxylation sites is 1. The maximum atomic E-state index is 12.5. The summed E-state index contributed by atoms with van der Waals surface area (Å²) in [5.41, 5.74) is 3.09. The van der Waals surface area contributed by atoms with Crippen LogP contribution in [0.1, 0.15) is 31.4 Å². The Hall–Kier alpha value is -0.920. The molecule has 0 spiro atoms. The second-order valence-electron chi connectivity index (χ2n) is 4.95. The maximum absolute atomic E-state index is 12.5. The summed E-state index contributed by atoms with van der Waals surface area (Å²) in [7, 11) is 0. The number of halogens is 3. The van der Waals surface area contributed by atoms with Crippen molar-refractivity contribution in [2.45, 2.75) is 36.9 Å². The van der Waals surface area contributed by atoms with Gasteiger partial charge >= 0.3 is 6.36 Å². The second kappa shape index (κ2) is 5.83. The summed E-state index contributed by atoms with van der Waals surface area (Å²) in [5.74, 6) is 6.39. The van der Waals surface area contributed by atoms with Gasteiger partial charge in [0.2, 0.25) is 0 Å². The van der Waals surface area contributed by atoms with Crippen molar-refractivity contribution < 1.29 is 17.9 Å². The van der Waals surface area contributed by atoms with Gasteiger partial charge in [-0.2, -0.15) is 11.8 Å². The minimum absolute atomic E-state index is 0.198. The van der Waals surface area contributed by atoms with E-state index in [2.05, 4.69) is 10.2 Å². The molecule has 3 nitrogen and oxygen atoms in total. The van der Waals surface area contributed by atoms with E-state index >= 15 is 0 Å². The zero-order valence-corrected chi connectivity index (χ0v) is 11.9. The molecule has 0 saturated carbocycles. The first-order valence-electron chi connectivity index (χ1n) is 6.30. The fourth-order valence-electron chi connectivity index (χ4n) is 2.56. The van der Waals surface area contributed by atoms with Crippen LogP contribution in [-0.4, -0.2) is 16.9 Å². The van der Waals surface area contributed by atoms with Crippen molar-refractivity contribution in [2.75, 3.05) is 5.75 Å². The summed E-state index contributed by atoms with van der Waals surface area (Å²) in [6.45, 7) is 2.01. The highest BCUT2D eigenvalue weighted by atomic mass is 32.2. The lowest BCUT2D eigenvalue weighted by atomic mass is 9.90. The van der Waals surface area contributed by atoms with E-state index in [0.29, 0.717) is 5.56 Å². The molecule has 1 heterocycles. The van der Waals surface area contributed by atoms with Crippen molar-refractivity contribution >= 4 is 11.8 Å². The van der Waals surface area contributed by atoms with E-state index in [9.17, 15) is 13.2 Å². The molecular weight excluding hydrogens is 289 g/mol. The number of thioether (sulfide) groups is 1. The molecule has 0 radical (unpaired) electrons. The fourth-order valence-corrected chi connectivity index (χ4v) is 3.97. The zero-order valence-electron chi connectivity index (χ0n) is 11.0. The summed E-state index contributed by atoms with van der Waals surface area (Å²) in [4.78, 5) is 0. The van der Waals surface area contributed by atoms with E-state index in [1.54, 1.807) is 23.9 Å². The Kier molecular flexibility index (Phi) is 4.51. The van der Waals surface area contributed by atoms with Crippen molar-refractivity contribution in [1.29, 1.82) is 0 Å². The summed E-state index contributed by atoms with van der Waals surface area (Å²) in [6.07, 6.45) is -2.78. The SMILES string of the molecule is CC1(C(NN)c2ccccc2OC(F)(F)F)CCCS1. The molecule has 2 rings (SSSR count). The quantitative estimate of drug-likeness (QED) is 0.661. The molecule has 1 saturated heterocycles. The third-order valence-corrected chi connectivity index (χ3v) is 5.07. The van der Waals surface area contributed by atoms with Crippen LogP contribution in [0.2, 0.25) is 0 Å². The smallest absolute Gasteiger partial charge is 0.405 e. The lowest BCUT2D eigenvalue weighted by Crippen LogP contribution is -2.41. The van der Waals surface area contributed by atoms with Gasteiger partial charge in [-0.25, -0.2) is 0 Å². The van der Waals surface area contributed by atoms with Crippen molar-refractivity contribution in [2.24, 2.45) is 5.84 Å². The number of hydrazine groups is 1. The van der Waals surface area contributed by atoms with Crippen molar-refractivity contribution in [3.63, 3.8) is 0 Å². The molecule has 0 aliphatic carbocycles. The number of alkyl halides is 3. The molecule has 112 valence electrons. The highest BCUT2D eigenvalue weighted by Crippen LogP contribution is 2.48. The Labute approximate surface area is 120 Å². The van der Waals surface area contributed by atoms with E-state index < -0.39 is 12.4 Å². The zero-order chi connectivity index (χ0) is 14.8. The lowest BCUT2D eigenvalue weighted by Gasteiger charge is -2.34. The molecule has 1 aromatic carbocycles. The van der Waals surface area contributed by atoms with Crippen LogP contribution in [0.5, 0.6) is 5.75 Å². The minimum atomic E-state index is -4.71. The molecular formula is C13H17F3N2OS. The third-order valence-electron chi connectivity index (χ3n) is 3.48. The van der Waals surface area contributed by atoms with Gasteiger partial charge < -0.3 is 4.74 Å². The number of nitrogens with two attached hydrogens (primary N) is 1. The molecule has 20 heavy (non-hydrogen) atoms. The van der Waals surface area contributed by atoms with Gasteiger partial charge in [0.15, 0.2) is 0 Å². The van der Waals surface area contributed by atoms with E-state index in [-0.39, 0.29) is 10.5 Å². The van der Waals surface area contributed by atoms with Crippen LogP contribution in [0, 0.1) is 0 Å². The average Bonchev–Trinajstić information content (AvgIpc) is 2.78. The number of hydrogen-bond donors (Lipinski definition) is 2. The van der Waals surface area contributed by atoms with Crippen LogP contribution in [0.25, 0.3) is 0 Å². The van der Waals surface area contributed by atoms with Crippen LogP contribution in [0.15, 0.2) is 24.3 Å². The Morgan fingerprint density at radius 3 is 2.65 bits per heavy atom. The summed E-state index contributed by atoms with van der Waals surface area (Å²) in [5, 5.41) is 0. The molecule has 0 aromatic heterocycles. The first-order chi connectivity index (χ1) is 9.36. The van der Waals surface area contributed by atoms with Crippen LogP contribution in [0.4, 0.5) is 13.2 Å². The standard InChI is InChI=1S/C13H17F3N2OS/c1-12(7-4-8-20-12)11(18-17)9-5-2-3-6-10(9)19-13(14,15)16/h2-3,5-6,11,18H,4,7-8,17H2,1H3. The highest BCUT2D eigenvalue weighted by molar-refractivity contribution is 8.00. The molecule has 0 bridgehead atoms. The maximum Gasteiger partial charge on any atom is 0.573 e. The third kappa shape index (κ3) is 3.39. The topological polar surface area (TPSA) is 47.3 Å². The number of nitrogens with one attached hydrogen (secondary N) is 1. The molecule has 1 aliphatic rings. The van der Waals surface area contributed by atoms with Gasteiger partial charge in [-0.05, 0) is 31.6 Å². The van der Waals surface area contributed by atoms with Gasteiger partial charge in [0.05, 0.1) is 6.04 Å². The minimum Gasteiger partial charge on any atom is -0.405 e. The molecule has 7 heteroatoms. The van der Waals surface area contributed by atoms with Gasteiger partial charge in [-0.3, -0.25) is 11.3 Å². The first kappa shape index (κ1) is 15.5. The lowest BCUT2D eigenvalue weighted by molar-refractivity contribution is -0.275. The molecule has 1 aliphatic heterocycles. The number of hydrogen-bond acceptors (Lipinski definition) is 4. The number of ether oxygens (including phenoxy) is 1. The molecule has 1 aromatic rings. The Morgan fingerprint density at radius 1 is 1.40 bits per heavy atom. The van der Waals surface area contributed by atoms with Gasteiger partial charge in [0.25, 0.3) is 0 Å². The molecule has 0 amide bonds. The van der Waals surface area contributed by atoms with Crippen molar-refractivity contribution in [3.8, 4) is 5.75 Å².